The molecule has 100 valence electrons. The van der Waals surface area contributed by atoms with Crippen LogP contribution in [0.15, 0.2) is 0 Å². The minimum Gasteiger partial charge on any atom is -0.393 e. The third-order valence-corrected chi connectivity index (χ3v) is 5.07. The SMILES string of the molecule is C[C@@H](CC1CCC(O)CC1)C1CCC(O)CC1. The first-order valence-corrected chi connectivity index (χ1v) is 7.51. The van der Waals surface area contributed by atoms with Gasteiger partial charge >= 0.3 is 0 Å². The Labute approximate surface area is 105 Å². The summed E-state index contributed by atoms with van der Waals surface area (Å²) in [6.07, 6.45) is 10.2. The standard InChI is InChI=1S/C15H28O2/c1-11(13-4-8-15(17)9-5-13)10-12-2-6-14(16)7-3-12/h11-17H,2-10H2,1H3/t11-,12?,13?,14?,15?/m0/s1. The molecule has 0 aromatic carbocycles. The van der Waals surface area contributed by atoms with Gasteiger partial charge in [0.05, 0.1) is 12.2 Å². The van der Waals surface area contributed by atoms with Gasteiger partial charge in [-0.3, -0.25) is 0 Å². The molecule has 0 unspecified atom stereocenters. The molecule has 2 saturated carbocycles. The smallest absolute Gasteiger partial charge is 0.0540 e. The highest BCUT2D eigenvalue weighted by Gasteiger charge is 2.27. The van der Waals surface area contributed by atoms with Gasteiger partial charge in [-0.1, -0.05) is 6.92 Å². The minimum atomic E-state index is -0.0247. The molecular formula is C15H28O2. The molecule has 1 atom stereocenters. The van der Waals surface area contributed by atoms with Crippen molar-refractivity contribution < 1.29 is 10.2 Å². The van der Waals surface area contributed by atoms with Crippen LogP contribution in [0.25, 0.3) is 0 Å². The van der Waals surface area contributed by atoms with Crippen molar-refractivity contribution >= 4 is 0 Å². The van der Waals surface area contributed by atoms with Crippen LogP contribution in [0.4, 0.5) is 0 Å². The maximum absolute atomic E-state index is 9.53. The van der Waals surface area contributed by atoms with Crippen molar-refractivity contribution in [2.45, 2.75) is 76.9 Å². The number of rotatable bonds is 3. The van der Waals surface area contributed by atoms with E-state index in [1.54, 1.807) is 0 Å². The number of hydrogen-bond acceptors (Lipinski definition) is 2. The molecule has 0 spiro atoms. The second kappa shape index (κ2) is 6.19. The van der Waals surface area contributed by atoms with E-state index in [0.29, 0.717) is 0 Å². The highest BCUT2D eigenvalue weighted by Crippen LogP contribution is 2.36. The highest BCUT2D eigenvalue weighted by molar-refractivity contribution is 4.79. The molecule has 0 aliphatic heterocycles. The van der Waals surface area contributed by atoms with E-state index in [4.69, 9.17) is 0 Å². The van der Waals surface area contributed by atoms with E-state index in [-0.39, 0.29) is 12.2 Å². The van der Waals surface area contributed by atoms with E-state index in [1.165, 1.54) is 32.1 Å². The molecule has 2 N–H and O–H groups in total. The van der Waals surface area contributed by atoms with Crippen molar-refractivity contribution in [3.8, 4) is 0 Å². The van der Waals surface area contributed by atoms with Crippen LogP contribution >= 0.6 is 0 Å². The van der Waals surface area contributed by atoms with Gasteiger partial charge in [-0.25, -0.2) is 0 Å². The summed E-state index contributed by atoms with van der Waals surface area (Å²) in [7, 11) is 0. The summed E-state index contributed by atoms with van der Waals surface area (Å²) in [4.78, 5) is 0. The van der Waals surface area contributed by atoms with Crippen LogP contribution in [0, 0.1) is 17.8 Å². The Balaban J connectivity index is 1.71. The van der Waals surface area contributed by atoms with E-state index >= 15 is 0 Å². The van der Waals surface area contributed by atoms with Gasteiger partial charge < -0.3 is 10.2 Å². The zero-order valence-electron chi connectivity index (χ0n) is 11.1. The van der Waals surface area contributed by atoms with E-state index < -0.39 is 0 Å². The normalized spacial score (nSPS) is 41.1. The van der Waals surface area contributed by atoms with Crippen LogP contribution < -0.4 is 0 Å². The van der Waals surface area contributed by atoms with Crippen LogP contribution in [-0.2, 0) is 0 Å². The van der Waals surface area contributed by atoms with E-state index in [2.05, 4.69) is 6.92 Å². The van der Waals surface area contributed by atoms with Gasteiger partial charge in [0.25, 0.3) is 0 Å². The Bertz CT molecular complexity index is 213. The van der Waals surface area contributed by atoms with Gasteiger partial charge in [-0.2, -0.15) is 0 Å². The monoisotopic (exact) mass is 240 g/mol. The molecule has 2 nitrogen and oxygen atoms in total. The lowest BCUT2D eigenvalue weighted by Crippen LogP contribution is -2.26. The lowest BCUT2D eigenvalue weighted by Gasteiger charge is -2.34. The number of hydrogen-bond donors (Lipinski definition) is 2. The van der Waals surface area contributed by atoms with Crippen molar-refractivity contribution in [2.24, 2.45) is 17.8 Å². The van der Waals surface area contributed by atoms with Gasteiger partial charge in [-0.05, 0) is 75.5 Å². The lowest BCUT2D eigenvalue weighted by atomic mass is 9.74. The summed E-state index contributed by atoms with van der Waals surface area (Å²) in [5.74, 6) is 2.49. The molecule has 2 heteroatoms. The number of aliphatic hydroxyl groups is 2. The van der Waals surface area contributed by atoms with Crippen molar-refractivity contribution in [1.82, 2.24) is 0 Å². The fraction of sp³-hybridized carbons (Fsp3) is 1.00. The molecule has 0 radical (unpaired) electrons. The second-order valence-electron chi connectivity index (χ2n) is 6.46. The second-order valence-corrected chi connectivity index (χ2v) is 6.46. The maximum atomic E-state index is 9.53. The molecule has 0 amide bonds. The van der Waals surface area contributed by atoms with Crippen molar-refractivity contribution in [3.63, 3.8) is 0 Å². The van der Waals surface area contributed by atoms with Crippen LogP contribution in [-0.4, -0.2) is 22.4 Å². The molecule has 2 fully saturated rings. The lowest BCUT2D eigenvalue weighted by molar-refractivity contribution is 0.0753. The Morgan fingerprint density at radius 1 is 0.824 bits per heavy atom. The third-order valence-electron chi connectivity index (χ3n) is 5.07. The first-order valence-electron chi connectivity index (χ1n) is 7.51. The summed E-state index contributed by atoms with van der Waals surface area (Å²) in [6, 6.07) is 0. The molecular weight excluding hydrogens is 212 g/mol. The van der Waals surface area contributed by atoms with Crippen molar-refractivity contribution in [2.75, 3.05) is 0 Å². The first-order chi connectivity index (χ1) is 8.15. The van der Waals surface area contributed by atoms with Crippen LogP contribution in [0.5, 0.6) is 0 Å². The molecule has 0 aromatic heterocycles. The van der Waals surface area contributed by atoms with E-state index in [9.17, 15) is 10.2 Å². The predicted octanol–water partition coefficient (Wildman–Crippen LogP) is 3.11. The quantitative estimate of drug-likeness (QED) is 0.795. The Hall–Kier alpha value is -0.0800. The molecule has 17 heavy (non-hydrogen) atoms. The van der Waals surface area contributed by atoms with Gasteiger partial charge in [0.1, 0.15) is 0 Å². The summed E-state index contributed by atoms with van der Waals surface area (Å²) in [6.45, 7) is 2.40. The topological polar surface area (TPSA) is 40.5 Å². The summed E-state index contributed by atoms with van der Waals surface area (Å²) < 4.78 is 0. The predicted molar refractivity (Wildman–Crippen MR) is 69.7 cm³/mol. The number of aliphatic hydroxyl groups excluding tert-OH is 2. The molecule has 2 aliphatic carbocycles. The van der Waals surface area contributed by atoms with Gasteiger partial charge in [0.15, 0.2) is 0 Å². The largest absolute Gasteiger partial charge is 0.393 e. The highest BCUT2D eigenvalue weighted by atomic mass is 16.3. The fourth-order valence-corrected chi connectivity index (χ4v) is 3.77. The Kier molecular flexibility index (Phi) is 4.87. The molecule has 2 aliphatic rings. The van der Waals surface area contributed by atoms with E-state index in [0.717, 1.165) is 43.4 Å². The van der Waals surface area contributed by atoms with Gasteiger partial charge in [0.2, 0.25) is 0 Å². The molecule has 2 rings (SSSR count). The zero-order valence-corrected chi connectivity index (χ0v) is 11.1. The van der Waals surface area contributed by atoms with Crippen LogP contribution in [0.1, 0.15) is 64.7 Å². The van der Waals surface area contributed by atoms with Crippen molar-refractivity contribution in [1.29, 1.82) is 0 Å². The summed E-state index contributed by atoms with van der Waals surface area (Å²) in [5, 5.41) is 19.0. The fourth-order valence-electron chi connectivity index (χ4n) is 3.77. The minimum absolute atomic E-state index is 0.0219. The molecule has 0 heterocycles. The van der Waals surface area contributed by atoms with Gasteiger partial charge in [0, 0.05) is 0 Å². The summed E-state index contributed by atoms with van der Waals surface area (Å²) >= 11 is 0. The van der Waals surface area contributed by atoms with Crippen LogP contribution in [0.3, 0.4) is 0 Å². The molecule has 0 aromatic rings. The first kappa shape index (κ1) is 13.4. The summed E-state index contributed by atoms with van der Waals surface area (Å²) in [5.41, 5.74) is 0. The maximum Gasteiger partial charge on any atom is 0.0540 e. The molecule has 0 bridgehead atoms. The third kappa shape index (κ3) is 3.96. The van der Waals surface area contributed by atoms with Crippen molar-refractivity contribution in [3.05, 3.63) is 0 Å². The van der Waals surface area contributed by atoms with E-state index in [1.807, 2.05) is 0 Å². The zero-order chi connectivity index (χ0) is 12.3. The average Bonchev–Trinajstić information content (AvgIpc) is 2.33. The van der Waals surface area contributed by atoms with Crippen LogP contribution in [0.2, 0.25) is 0 Å². The van der Waals surface area contributed by atoms with Gasteiger partial charge in [-0.15, -0.1) is 0 Å². The Morgan fingerprint density at radius 2 is 1.29 bits per heavy atom. The Morgan fingerprint density at radius 3 is 1.82 bits per heavy atom. The average molecular weight is 240 g/mol. The molecule has 0 saturated heterocycles.